The monoisotopic (exact) mass is 253 g/mol. The molecule has 0 aromatic heterocycles. The summed E-state index contributed by atoms with van der Waals surface area (Å²) < 4.78 is 5.54. The molecule has 0 saturated carbocycles. The minimum absolute atomic E-state index is 0. The van der Waals surface area contributed by atoms with Gasteiger partial charge in [0.1, 0.15) is 18.5 Å². The number of hydrogen-bond donors (Lipinski definition) is 2. The van der Waals surface area contributed by atoms with E-state index in [0.717, 1.165) is 16.5 Å². The van der Waals surface area contributed by atoms with Crippen LogP contribution in [0.1, 0.15) is 0 Å². The van der Waals surface area contributed by atoms with E-state index >= 15 is 0 Å². The van der Waals surface area contributed by atoms with Crippen LogP contribution in [0, 0.1) is 0 Å². The van der Waals surface area contributed by atoms with E-state index in [1.165, 1.54) is 0 Å². The minimum atomic E-state index is -0.612. The lowest BCUT2D eigenvalue weighted by molar-refractivity contribution is 0.115. The third-order valence-electron chi connectivity index (χ3n) is 2.45. The van der Waals surface area contributed by atoms with E-state index in [9.17, 15) is 5.11 Å². The van der Waals surface area contributed by atoms with E-state index in [1.807, 2.05) is 42.5 Å². The highest BCUT2D eigenvalue weighted by atomic mass is 35.5. The summed E-state index contributed by atoms with van der Waals surface area (Å²) in [6.07, 6.45) is -0.612. The summed E-state index contributed by atoms with van der Waals surface area (Å²) >= 11 is 0. The second-order valence-corrected chi connectivity index (χ2v) is 3.68. The number of rotatable bonds is 4. The lowest BCUT2D eigenvalue weighted by atomic mass is 10.1. The van der Waals surface area contributed by atoms with Crippen molar-refractivity contribution >= 4 is 23.2 Å². The molecule has 3 nitrogen and oxygen atoms in total. The number of aliphatic hydroxyl groups excluding tert-OH is 1. The van der Waals surface area contributed by atoms with Crippen LogP contribution in [-0.4, -0.2) is 24.4 Å². The summed E-state index contributed by atoms with van der Waals surface area (Å²) in [4.78, 5) is 0. The highest BCUT2D eigenvalue weighted by Crippen LogP contribution is 2.25. The van der Waals surface area contributed by atoms with Gasteiger partial charge in [0.2, 0.25) is 0 Å². The second-order valence-electron chi connectivity index (χ2n) is 3.68. The first-order chi connectivity index (χ1) is 7.81. The molecule has 3 N–H and O–H groups in total. The van der Waals surface area contributed by atoms with Crippen molar-refractivity contribution in [3.05, 3.63) is 42.5 Å². The average molecular weight is 254 g/mol. The number of benzene rings is 2. The van der Waals surface area contributed by atoms with Gasteiger partial charge in [-0.1, -0.05) is 36.4 Å². The Kier molecular flexibility index (Phi) is 5.22. The second kappa shape index (κ2) is 6.45. The molecular formula is C13H16ClNO2. The third kappa shape index (κ3) is 3.33. The van der Waals surface area contributed by atoms with Crippen LogP contribution in [0.2, 0.25) is 0 Å². The maximum Gasteiger partial charge on any atom is 0.127 e. The lowest BCUT2D eigenvalue weighted by Crippen LogP contribution is -2.26. The van der Waals surface area contributed by atoms with Gasteiger partial charge in [-0.2, -0.15) is 0 Å². The Bertz CT molecular complexity index is 470. The molecule has 0 aliphatic carbocycles. The number of aliphatic hydroxyl groups is 1. The molecule has 0 amide bonds. The standard InChI is InChI=1S/C13H15NO2.ClH/c14-8-11(15)9-16-13-7-3-5-10-4-1-2-6-12(10)13;/h1-7,11,15H,8-9,14H2;1H. The Balaban J connectivity index is 0.00000144. The number of nitrogens with two attached hydrogens (primary N) is 1. The third-order valence-corrected chi connectivity index (χ3v) is 2.45. The molecule has 0 heterocycles. The molecule has 0 fully saturated rings. The van der Waals surface area contributed by atoms with Crippen molar-refractivity contribution in [1.29, 1.82) is 0 Å². The van der Waals surface area contributed by atoms with Crippen molar-refractivity contribution in [2.45, 2.75) is 6.10 Å². The molecule has 92 valence electrons. The first-order valence-corrected chi connectivity index (χ1v) is 5.30. The Morgan fingerprint density at radius 2 is 1.82 bits per heavy atom. The molecule has 2 rings (SSSR count). The van der Waals surface area contributed by atoms with Gasteiger partial charge < -0.3 is 15.6 Å². The van der Waals surface area contributed by atoms with E-state index in [-0.39, 0.29) is 25.6 Å². The molecule has 1 atom stereocenters. The number of ether oxygens (including phenoxy) is 1. The van der Waals surface area contributed by atoms with Crippen LogP contribution in [0.25, 0.3) is 10.8 Å². The van der Waals surface area contributed by atoms with Gasteiger partial charge in [0.05, 0.1) is 0 Å². The normalized spacial score (nSPS) is 11.9. The van der Waals surface area contributed by atoms with Crippen molar-refractivity contribution in [2.24, 2.45) is 5.73 Å². The fourth-order valence-electron chi connectivity index (χ4n) is 1.58. The van der Waals surface area contributed by atoms with Crippen molar-refractivity contribution in [1.82, 2.24) is 0 Å². The molecule has 0 radical (unpaired) electrons. The fourth-order valence-corrected chi connectivity index (χ4v) is 1.58. The van der Waals surface area contributed by atoms with E-state index in [2.05, 4.69) is 0 Å². The molecule has 0 aliphatic rings. The molecule has 17 heavy (non-hydrogen) atoms. The first kappa shape index (κ1) is 13.8. The Labute approximate surface area is 107 Å². The fraction of sp³-hybridized carbons (Fsp3) is 0.231. The number of hydrogen-bond acceptors (Lipinski definition) is 3. The molecule has 1 unspecified atom stereocenters. The van der Waals surface area contributed by atoms with E-state index < -0.39 is 6.10 Å². The Hall–Kier alpha value is -1.29. The van der Waals surface area contributed by atoms with Gasteiger partial charge in [-0.15, -0.1) is 12.4 Å². The maximum atomic E-state index is 9.34. The zero-order valence-corrected chi connectivity index (χ0v) is 10.2. The Morgan fingerprint density at radius 1 is 1.12 bits per heavy atom. The molecule has 4 heteroatoms. The van der Waals surface area contributed by atoms with Gasteiger partial charge in [-0.3, -0.25) is 0 Å². The van der Waals surface area contributed by atoms with Gasteiger partial charge in [0.15, 0.2) is 0 Å². The summed E-state index contributed by atoms with van der Waals surface area (Å²) in [6, 6.07) is 13.8. The van der Waals surface area contributed by atoms with Crippen LogP contribution in [-0.2, 0) is 0 Å². The van der Waals surface area contributed by atoms with E-state index in [1.54, 1.807) is 0 Å². The van der Waals surface area contributed by atoms with Crippen LogP contribution in [0.4, 0.5) is 0 Å². The predicted octanol–water partition coefficient (Wildman–Crippen LogP) is 1.96. The summed E-state index contributed by atoms with van der Waals surface area (Å²) in [5, 5.41) is 11.5. The molecule has 0 spiro atoms. The zero-order valence-electron chi connectivity index (χ0n) is 9.37. The largest absolute Gasteiger partial charge is 0.490 e. The molecule has 2 aromatic carbocycles. The molecule has 0 saturated heterocycles. The number of fused-ring (bicyclic) bond motifs is 1. The molecular weight excluding hydrogens is 238 g/mol. The van der Waals surface area contributed by atoms with Gasteiger partial charge >= 0.3 is 0 Å². The van der Waals surface area contributed by atoms with Crippen molar-refractivity contribution in [2.75, 3.05) is 13.2 Å². The molecule has 0 aliphatic heterocycles. The highest BCUT2D eigenvalue weighted by molar-refractivity contribution is 5.88. The quantitative estimate of drug-likeness (QED) is 0.876. The van der Waals surface area contributed by atoms with E-state index in [4.69, 9.17) is 10.5 Å². The van der Waals surface area contributed by atoms with Crippen LogP contribution in [0.15, 0.2) is 42.5 Å². The first-order valence-electron chi connectivity index (χ1n) is 5.30. The minimum Gasteiger partial charge on any atom is -0.490 e. The van der Waals surface area contributed by atoms with Crippen molar-refractivity contribution < 1.29 is 9.84 Å². The van der Waals surface area contributed by atoms with Crippen LogP contribution >= 0.6 is 12.4 Å². The number of halogens is 1. The van der Waals surface area contributed by atoms with E-state index in [0.29, 0.717) is 0 Å². The summed E-state index contributed by atoms with van der Waals surface area (Å²) in [5.41, 5.74) is 5.32. The molecule has 2 aromatic rings. The van der Waals surface area contributed by atoms with Crippen molar-refractivity contribution in [3.8, 4) is 5.75 Å². The Morgan fingerprint density at radius 3 is 2.59 bits per heavy atom. The van der Waals surface area contributed by atoms with Gasteiger partial charge in [0.25, 0.3) is 0 Å². The van der Waals surface area contributed by atoms with Gasteiger partial charge in [0, 0.05) is 11.9 Å². The zero-order chi connectivity index (χ0) is 11.4. The lowest BCUT2D eigenvalue weighted by Gasteiger charge is -2.12. The van der Waals surface area contributed by atoms with Crippen LogP contribution in [0.3, 0.4) is 0 Å². The summed E-state index contributed by atoms with van der Waals surface area (Å²) in [7, 11) is 0. The molecule has 0 bridgehead atoms. The maximum absolute atomic E-state index is 9.34. The van der Waals surface area contributed by atoms with Gasteiger partial charge in [-0.05, 0) is 11.5 Å². The SMILES string of the molecule is Cl.NCC(O)COc1cccc2ccccc12. The van der Waals surface area contributed by atoms with Crippen LogP contribution < -0.4 is 10.5 Å². The van der Waals surface area contributed by atoms with Crippen LogP contribution in [0.5, 0.6) is 5.75 Å². The smallest absolute Gasteiger partial charge is 0.127 e. The predicted molar refractivity (Wildman–Crippen MR) is 71.8 cm³/mol. The topological polar surface area (TPSA) is 55.5 Å². The average Bonchev–Trinajstić information content (AvgIpc) is 2.35. The van der Waals surface area contributed by atoms with Crippen molar-refractivity contribution in [3.63, 3.8) is 0 Å². The highest BCUT2D eigenvalue weighted by Gasteiger charge is 2.04. The summed E-state index contributed by atoms with van der Waals surface area (Å²) in [6.45, 7) is 0.440. The van der Waals surface area contributed by atoms with Gasteiger partial charge in [-0.25, -0.2) is 0 Å². The summed E-state index contributed by atoms with van der Waals surface area (Å²) in [5.74, 6) is 0.783.